The third-order valence-corrected chi connectivity index (χ3v) is 2.62. The molecule has 1 heterocycles. The van der Waals surface area contributed by atoms with E-state index in [2.05, 4.69) is 20.6 Å². The van der Waals surface area contributed by atoms with Crippen LogP contribution >= 0.6 is 0 Å². The van der Waals surface area contributed by atoms with Gasteiger partial charge in [0.05, 0.1) is 0 Å². The highest BCUT2D eigenvalue weighted by molar-refractivity contribution is 5.43. The summed E-state index contributed by atoms with van der Waals surface area (Å²) in [4.78, 5) is 7.34. The molecule has 4 nitrogen and oxygen atoms in total. The third kappa shape index (κ3) is 3.75. The van der Waals surface area contributed by atoms with Crippen LogP contribution in [0.5, 0.6) is 0 Å². The first kappa shape index (κ1) is 14.5. The van der Waals surface area contributed by atoms with Crippen LogP contribution in [-0.2, 0) is 6.18 Å². The molecule has 1 rings (SSSR count). The van der Waals surface area contributed by atoms with Crippen LogP contribution in [0, 0.1) is 5.92 Å². The van der Waals surface area contributed by atoms with E-state index in [9.17, 15) is 13.2 Å². The van der Waals surface area contributed by atoms with E-state index in [1.165, 1.54) is 7.05 Å². The van der Waals surface area contributed by atoms with Crippen molar-refractivity contribution in [3.05, 3.63) is 11.8 Å². The van der Waals surface area contributed by atoms with E-state index in [0.717, 1.165) is 6.07 Å². The second-order valence-electron chi connectivity index (χ2n) is 4.39. The quantitative estimate of drug-likeness (QED) is 0.875. The molecule has 1 unspecified atom stereocenters. The fourth-order valence-corrected chi connectivity index (χ4v) is 1.18. The summed E-state index contributed by atoms with van der Waals surface area (Å²) in [7, 11) is 1.48. The van der Waals surface area contributed by atoms with Crippen molar-refractivity contribution in [3.63, 3.8) is 0 Å². The van der Waals surface area contributed by atoms with Gasteiger partial charge in [-0.2, -0.15) is 18.2 Å². The smallest absolute Gasteiger partial charge is 0.367 e. The lowest BCUT2D eigenvalue weighted by Gasteiger charge is -2.19. The number of alkyl halides is 3. The Balaban J connectivity index is 3.05. The van der Waals surface area contributed by atoms with Crippen LogP contribution in [0.2, 0.25) is 0 Å². The zero-order chi connectivity index (χ0) is 13.9. The zero-order valence-corrected chi connectivity index (χ0v) is 10.8. The van der Waals surface area contributed by atoms with E-state index in [4.69, 9.17) is 0 Å². The Morgan fingerprint density at radius 2 is 1.78 bits per heavy atom. The molecule has 0 amide bonds. The van der Waals surface area contributed by atoms with Gasteiger partial charge >= 0.3 is 6.18 Å². The fourth-order valence-electron chi connectivity index (χ4n) is 1.18. The summed E-state index contributed by atoms with van der Waals surface area (Å²) >= 11 is 0. The average Bonchev–Trinajstić information content (AvgIpc) is 2.27. The molecular formula is C11H17F3N4. The maximum absolute atomic E-state index is 12.6. The van der Waals surface area contributed by atoms with Crippen LogP contribution in [0.1, 0.15) is 26.5 Å². The van der Waals surface area contributed by atoms with Gasteiger partial charge in [-0.15, -0.1) is 0 Å². The highest BCUT2D eigenvalue weighted by Gasteiger charge is 2.33. The monoisotopic (exact) mass is 262 g/mol. The summed E-state index contributed by atoms with van der Waals surface area (Å²) in [5.74, 6) is 0.401. The predicted octanol–water partition coefficient (Wildman–Crippen LogP) is 2.99. The van der Waals surface area contributed by atoms with Crippen LogP contribution < -0.4 is 10.6 Å². The van der Waals surface area contributed by atoms with Gasteiger partial charge in [-0.1, -0.05) is 13.8 Å². The molecule has 102 valence electrons. The van der Waals surface area contributed by atoms with E-state index in [-0.39, 0.29) is 23.7 Å². The van der Waals surface area contributed by atoms with E-state index in [1.54, 1.807) is 0 Å². The third-order valence-electron chi connectivity index (χ3n) is 2.62. The lowest BCUT2D eigenvalue weighted by atomic mass is 10.1. The summed E-state index contributed by atoms with van der Waals surface area (Å²) in [5, 5.41) is 5.46. The van der Waals surface area contributed by atoms with Crippen LogP contribution in [0.15, 0.2) is 6.07 Å². The van der Waals surface area contributed by atoms with Crippen molar-refractivity contribution in [2.24, 2.45) is 5.92 Å². The second kappa shape index (κ2) is 5.41. The van der Waals surface area contributed by atoms with Crippen LogP contribution in [0.25, 0.3) is 0 Å². The molecule has 7 heteroatoms. The predicted molar refractivity (Wildman–Crippen MR) is 64.5 cm³/mol. The van der Waals surface area contributed by atoms with E-state index in [1.807, 2.05) is 20.8 Å². The van der Waals surface area contributed by atoms with Crippen molar-refractivity contribution in [2.75, 3.05) is 17.7 Å². The molecule has 1 aromatic rings. The zero-order valence-electron chi connectivity index (χ0n) is 10.8. The van der Waals surface area contributed by atoms with E-state index >= 15 is 0 Å². The van der Waals surface area contributed by atoms with Crippen LogP contribution in [0.3, 0.4) is 0 Å². The van der Waals surface area contributed by atoms with Crippen molar-refractivity contribution in [2.45, 2.75) is 33.0 Å². The molecule has 0 fully saturated rings. The number of nitrogens with one attached hydrogen (secondary N) is 2. The molecular weight excluding hydrogens is 245 g/mol. The molecule has 0 bridgehead atoms. The van der Waals surface area contributed by atoms with E-state index < -0.39 is 11.9 Å². The van der Waals surface area contributed by atoms with Gasteiger partial charge in [0.1, 0.15) is 5.82 Å². The molecule has 1 atom stereocenters. The molecule has 0 aromatic carbocycles. The first-order chi connectivity index (χ1) is 8.24. The SMILES string of the molecule is CNc1nc(NC(C)C(C)C)cc(C(F)(F)F)n1. The number of nitrogens with zero attached hydrogens (tertiary/aromatic N) is 2. The molecule has 0 radical (unpaired) electrons. The summed E-state index contributed by atoms with van der Waals surface area (Å²) < 4.78 is 37.9. The minimum Gasteiger partial charge on any atom is -0.367 e. The minimum absolute atomic E-state index is 0.0192. The van der Waals surface area contributed by atoms with Crippen molar-refractivity contribution in [1.29, 1.82) is 0 Å². The van der Waals surface area contributed by atoms with Gasteiger partial charge in [-0.3, -0.25) is 0 Å². The fraction of sp³-hybridized carbons (Fsp3) is 0.636. The van der Waals surface area contributed by atoms with Crippen LogP contribution in [-0.4, -0.2) is 23.1 Å². The molecule has 1 aromatic heterocycles. The minimum atomic E-state index is -4.48. The van der Waals surface area contributed by atoms with Gasteiger partial charge in [-0.25, -0.2) is 4.98 Å². The Kier molecular flexibility index (Phi) is 4.37. The first-order valence-corrected chi connectivity index (χ1v) is 5.64. The first-order valence-electron chi connectivity index (χ1n) is 5.64. The summed E-state index contributed by atoms with van der Waals surface area (Å²) in [6.45, 7) is 5.84. The standard InChI is InChI=1S/C11H17F3N4/c1-6(2)7(3)16-9-5-8(11(12,13)14)17-10(15-4)18-9/h5-7H,1-4H3,(H2,15,16,17,18). The highest BCUT2D eigenvalue weighted by atomic mass is 19.4. The Morgan fingerprint density at radius 3 is 2.22 bits per heavy atom. The molecule has 0 saturated heterocycles. The number of anilines is 2. The normalized spacial score (nSPS) is 13.6. The Bertz CT molecular complexity index is 404. The summed E-state index contributed by atoms with van der Waals surface area (Å²) in [5.41, 5.74) is -0.958. The van der Waals surface area contributed by atoms with Gasteiger partial charge in [0.2, 0.25) is 5.95 Å². The average molecular weight is 262 g/mol. The Hall–Kier alpha value is -1.53. The van der Waals surface area contributed by atoms with Gasteiger partial charge in [-0.05, 0) is 12.8 Å². The van der Waals surface area contributed by atoms with Gasteiger partial charge in [0.15, 0.2) is 5.69 Å². The van der Waals surface area contributed by atoms with Crippen molar-refractivity contribution < 1.29 is 13.2 Å². The number of rotatable bonds is 4. The highest BCUT2D eigenvalue weighted by Crippen LogP contribution is 2.29. The Morgan fingerprint density at radius 1 is 1.17 bits per heavy atom. The maximum Gasteiger partial charge on any atom is 0.433 e. The maximum atomic E-state index is 12.6. The molecule has 2 N–H and O–H groups in total. The molecule has 0 aliphatic carbocycles. The van der Waals surface area contributed by atoms with Gasteiger partial charge in [0.25, 0.3) is 0 Å². The second-order valence-corrected chi connectivity index (χ2v) is 4.39. The lowest BCUT2D eigenvalue weighted by molar-refractivity contribution is -0.141. The van der Waals surface area contributed by atoms with Crippen molar-refractivity contribution in [1.82, 2.24) is 9.97 Å². The largest absolute Gasteiger partial charge is 0.433 e. The van der Waals surface area contributed by atoms with Gasteiger partial charge in [0, 0.05) is 19.2 Å². The molecule has 0 spiro atoms. The molecule has 0 aliphatic heterocycles. The van der Waals surface area contributed by atoms with Crippen LogP contribution in [0.4, 0.5) is 24.9 Å². The van der Waals surface area contributed by atoms with E-state index in [0.29, 0.717) is 0 Å². The number of halogens is 3. The molecule has 18 heavy (non-hydrogen) atoms. The Labute approximate surface area is 104 Å². The lowest BCUT2D eigenvalue weighted by Crippen LogP contribution is -2.23. The number of hydrogen-bond donors (Lipinski definition) is 2. The summed E-state index contributed by atoms with van der Waals surface area (Å²) in [6.07, 6.45) is -4.48. The number of hydrogen-bond acceptors (Lipinski definition) is 4. The van der Waals surface area contributed by atoms with Crippen molar-refractivity contribution >= 4 is 11.8 Å². The summed E-state index contributed by atoms with van der Waals surface area (Å²) in [6, 6.07) is 0.936. The molecule has 0 aliphatic rings. The molecule has 0 saturated carbocycles. The van der Waals surface area contributed by atoms with Gasteiger partial charge < -0.3 is 10.6 Å². The topological polar surface area (TPSA) is 49.8 Å². The van der Waals surface area contributed by atoms with Crippen molar-refractivity contribution in [3.8, 4) is 0 Å². The number of aromatic nitrogens is 2.